The predicted molar refractivity (Wildman–Crippen MR) is 160 cm³/mol. The van der Waals surface area contributed by atoms with Crippen molar-refractivity contribution in [3.8, 4) is 11.5 Å². The molecule has 42 heavy (non-hydrogen) atoms. The summed E-state index contributed by atoms with van der Waals surface area (Å²) < 4.78 is 54.7. The molecule has 9 nitrogen and oxygen atoms in total. The molecule has 3 aromatic rings. The molecule has 1 heterocycles. The van der Waals surface area contributed by atoms with E-state index in [4.69, 9.17) is 9.47 Å². The van der Waals surface area contributed by atoms with Gasteiger partial charge < -0.3 is 19.7 Å². The smallest absolute Gasteiger partial charge is 0.264 e. The number of fused-ring (bicyclic) bond motifs is 1. The number of sulfonamides is 1. The van der Waals surface area contributed by atoms with Crippen molar-refractivity contribution >= 4 is 43.5 Å². The van der Waals surface area contributed by atoms with E-state index in [-0.39, 0.29) is 41.4 Å². The minimum Gasteiger partial charge on any atom is -0.486 e. The second kappa shape index (κ2) is 13.6. The molecule has 4 rings (SSSR count). The Morgan fingerprint density at radius 2 is 1.69 bits per heavy atom. The molecule has 224 valence electrons. The van der Waals surface area contributed by atoms with Crippen molar-refractivity contribution in [2.24, 2.45) is 0 Å². The van der Waals surface area contributed by atoms with Crippen LogP contribution in [0, 0.1) is 5.82 Å². The van der Waals surface area contributed by atoms with Gasteiger partial charge in [0.05, 0.1) is 10.6 Å². The lowest BCUT2D eigenvalue weighted by Crippen LogP contribution is -2.52. The van der Waals surface area contributed by atoms with E-state index >= 15 is 0 Å². The zero-order chi connectivity index (χ0) is 30.4. The molecule has 0 radical (unpaired) electrons. The summed E-state index contributed by atoms with van der Waals surface area (Å²) in [5, 5.41) is 2.90. The van der Waals surface area contributed by atoms with Crippen LogP contribution in [0.1, 0.15) is 32.8 Å². The van der Waals surface area contributed by atoms with E-state index in [1.54, 1.807) is 6.92 Å². The zero-order valence-electron chi connectivity index (χ0n) is 23.5. The quantitative estimate of drug-likeness (QED) is 0.314. The highest BCUT2D eigenvalue weighted by Gasteiger charge is 2.33. The fourth-order valence-electron chi connectivity index (χ4n) is 4.33. The van der Waals surface area contributed by atoms with Gasteiger partial charge >= 0.3 is 0 Å². The number of nitrogens with one attached hydrogen (secondary N) is 1. The Balaban J connectivity index is 1.72. The third kappa shape index (κ3) is 7.40. The number of halogens is 2. The van der Waals surface area contributed by atoms with E-state index in [2.05, 4.69) is 21.2 Å². The van der Waals surface area contributed by atoms with Crippen LogP contribution in [0.25, 0.3) is 0 Å². The molecule has 0 saturated heterocycles. The molecule has 0 spiro atoms. The van der Waals surface area contributed by atoms with E-state index < -0.39 is 34.3 Å². The number of anilines is 1. The van der Waals surface area contributed by atoms with Crippen molar-refractivity contribution < 1.29 is 31.9 Å². The van der Waals surface area contributed by atoms with Gasteiger partial charge in [0.2, 0.25) is 11.8 Å². The van der Waals surface area contributed by atoms with Crippen LogP contribution in [-0.4, -0.2) is 57.0 Å². The van der Waals surface area contributed by atoms with E-state index in [0.29, 0.717) is 18.8 Å². The summed E-state index contributed by atoms with van der Waals surface area (Å²) in [5.41, 5.74) is 0.822. The van der Waals surface area contributed by atoms with Crippen molar-refractivity contribution in [1.82, 2.24) is 10.2 Å². The number of rotatable bonds is 11. The Kier molecular flexibility index (Phi) is 10.1. The number of ether oxygens (including phenoxy) is 2. The molecule has 0 saturated carbocycles. The highest BCUT2D eigenvalue weighted by atomic mass is 79.9. The van der Waals surface area contributed by atoms with E-state index in [9.17, 15) is 22.4 Å². The summed E-state index contributed by atoms with van der Waals surface area (Å²) in [5.74, 6) is -0.874. The largest absolute Gasteiger partial charge is 0.486 e. The lowest BCUT2D eigenvalue weighted by atomic mass is 10.1. The Bertz CT molecular complexity index is 1540. The van der Waals surface area contributed by atoms with Crippen LogP contribution in [0.15, 0.2) is 76.1 Å². The molecule has 0 fully saturated rings. The molecule has 0 aliphatic carbocycles. The molecule has 2 amide bonds. The topological polar surface area (TPSA) is 105 Å². The van der Waals surface area contributed by atoms with Crippen LogP contribution in [0.4, 0.5) is 10.1 Å². The lowest BCUT2D eigenvalue weighted by molar-refractivity contribution is -0.139. The summed E-state index contributed by atoms with van der Waals surface area (Å²) in [6.45, 7) is 5.41. The Morgan fingerprint density at radius 3 is 2.36 bits per heavy atom. The summed E-state index contributed by atoms with van der Waals surface area (Å²) in [6.07, 6.45) is 0.699. The number of amides is 2. The highest BCUT2D eigenvalue weighted by molar-refractivity contribution is 9.10. The molecule has 3 aromatic carbocycles. The second-order valence-electron chi connectivity index (χ2n) is 9.94. The molecule has 0 bridgehead atoms. The zero-order valence-corrected chi connectivity index (χ0v) is 26.0. The average Bonchev–Trinajstić information content (AvgIpc) is 2.98. The van der Waals surface area contributed by atoms with Crippen LogP contribution in [0.3, 0.4) is 0 Å². The van der Waals surface area contributed by atoms with Crippen molar-refractivity contribution in [3.05, 3.63) is 82.6 Å². The number of hydrogen-bond acceptors (Lipinski definition) is 6. The number of benzene rings is 3. The van der Waals surface area contributed by atoms with Gasteiger partial charge in [-0.15, -0.1) is 0 Å². The highest BCUT2D eigenvalue weighted by Crippen LogP contribution is 2.34. The molecule has 1 aliphatic heterocycles. The predicted octanol–water partition coefficient (Wildman–Crippen LogP) is 4.89. The minimum atomic E-state index is -4.36. The fraction of sp³-hybridized carbons (Fsp3) is 0.333. The third-order valence-electron chi connectivity index (χ3n) is 6.91. The van der Waals surface area contributed by atoms with E-state index in [1.807, 2.05) is 38.1 Å². The molecule has 0 aromatic heterocycles. The molecular formula is C30H33BrFN3O6S. The van der Waals surface area contributed by atoms with Crippen molar-refractivity contribution in [2.45, 2.75) is 50.7 Å². The monoisotopic (exact) mass is 661 g/mol. The van der Waals surface area contributed by atoms with Gasteiger partial charge in [-0.25, -0.2) is 12.8 Å². The first kappa shape index (κ1) is 31.3. The Labute approximate surface area is 253 Å². The summed E-state index contributed by atoms with van der Waals surface area (Å²) in [7, 11) is -4.36. The molecule has 12 heteroatoms. The van der Waals surface area contributed by atoms with Gasteiger partial charge in [0.1, 0.15) is 31.6 Å². The fourth-order valence-corrected chi connectivity index (χ4v) is 6.20. The third-order valence-corrected chi connectivity index (χ3v) is 9.17. The number of carbonyl (C=O) groups is 2. The number of hydrogen-bond donors (Lipinski definition) is 1. The van der Waals surface area contributed by atoms with Gasteiger partial charge in [0.25, 0.3) is 10.0 Å². The number of carbonyl (C=O) groups excluding carboxylic acids is 2. The van der Waals surface area contributed by atoms with Gasteiger partial charge in [-0.05, 0) is 74.4 Å². The summed E-state index contributed by atoms with van der Waals surface area (Å²) >= 11 is 3.43. The van der Waals surface area contributed by atoms with Gasteiger partial charge in [-0.2, -0.15) is 0 Å². The molecule has 1 aliphatic rings. The van der Waals surface area contributed by atoms with E-state index in [0.717, 1.165) is 26.5 Å². The Hall–Kier alpha value is -3.64. The maximum Gasteiger partial charge on any atom is 0.264 e. The first-order chi connectivity index (χ1) is 20.0. The van der Waals surface area contributed by atoms with Gasteiger partial charge in [0, 0.05) is 23.1 Å². The lowest BCUT2D eigenvalue weighted by Gasteiger charge is -2.32. The van der Waals surface area contributed by atoms with Crippen molar-refractivity contribution in [1.29, 1.82) is 0 Å². The minimum absolute atomic E-state index is 0.0503. The standard InChI is InChI=1S/C30H33BrFN3O6S/c1-4-20(2)33-30(37)21(3)34(18-22-6-5-7-23(31)16-22)29(36)19-35(25-10-8-24(32)9-11-25)42(38,39)26-12-13-27-28(17-26)41-15-14-40-27/h5-13,16-17,20-21H,4,14-15,18-19H2,1-3H3,(H,33,37)/t20-,21-/m0/s1. The van der Waals surface area contributed by atoms with Crippen LogP contribution in [-0.2, 0) is 26.2 Å². The van der Waals surface area contributed by atoms with Gasteiger partial charge in [-0.1, -0.05) is 35.0 Å². The SMILES string of the molecule is CC[C@H](C)NC(=O)[C@H](C)N(Cc1cccc(Br)c1)C(=O)CN(c1ccc(F)cc1)S(=O)(=O)c1ccc2c(c1)OCCO2. The van der Waals surface area contributed by atoms with Gasteiger partial charge in [0.15, 0.2) is 11.5 Å². The first-order valence-corrected chi connectivity index (χ1v) is 15.7. The second-order valence-corrected chi connectivity index (χ2v) is 12.7. The number of nitrogens with zero attached hydrogens (tertiary/aromatic N) is 2. The van der Waals surface area contributed by atoms with Crippen molar-refractivity contribution in [2.75, 3.05) is 24.1 Å². The summed E-state index contributed by atoms with van der Waals surface area (Å²) in [4.78, 5) is 28.4. The Morgan fingerprint density at radius 1 is 1.00 bits per heavy atom. The molecule has 2 atom stereocenters. The first-order valence-electron chi connectivity index (χ1n) is 13.5. The molecular weight excluding hydrogens is 629 g/mol. The normalized spacial score (nSPS) is 14.0. The van der Waals surface area contributed by atoms with Gasteiger partial charge in [-0.3, -0.25) is 13.9 Å². The van der Waals surface area contributed by atoms with Crippen LogP contribution in [0.2, 0.25) is 0 Å². The van der Waals surface area contributed by atoms with Crippen molar-refractivity contribution in [3.63, 3.8) is 0 Å². The van der Waals surface area contributed by atoms with Crippen LogP contribution >= 0.6 is 15.9 Å². The maximum absolute atomic E-state index is 14.0. The molecule has 0 unspecified atom stereocenters. The summed E-state index contributed by atoms with van der Waals surface area (Å²) in [6, 6.07) is 15.3. The maximum atomic E-state index is 14.0. The van der Waals surface area contributed by atoms with E-state index in [1.165, 1.54) is 35.2 Å². The van der Waals surface area contributed by atoms with Crippen LogP contribution < -0.4 is 19.1 Å². The van der Waals surface area contributed by atoms with Crippen LogP contribution in [0.5, 0.6) is 11.5 Å². The molecule has 1 N–H and O–H groups in total. The average molecular weight is 663 g/mol.